The highest BCUT2D eigenvalue weighted by atomic mass is 19.1. The number of likely N-dealkylation sites (N-methyl/N-ethyl adjacent to an activating group) is 1. The van der Waals surface area contributed by atoms with Crippen molar-refractivity contribution in [3.63, 3.8) is 0 Å². The third kappa shape index (κ3) is 5.56. The summed E-state index contributed by atoms with van der Waals surface area (Å²) in [7, 11) is 0. The predicted molar refractivity (Wildman–Crippen MR) is 139 cm³/mol. The van der Waals surface area contributed by atoms with Crippen molar-refractivity contribution in [1.29, 1.82) is 0 Å². The molecule has 35 heavy (non-hydrogen) atoms. The number of halogens is 1. The monoisotopic (exact) mass is 477 g/mol. The van der Waals surface area contributed by atoms with Crippen LogP contribution in [0.4, 0.5) is 10.2 Å². The highest BCUT2D eigenvalue weighted by molar-refractivity contribution is 5.94. The van der Waals surface area contributed by atoms with Gasteiger partial charge in [0.25, 0.3) is 5.91 Å². The number of piperazine rings is 1. The van der Waals surface area contributed by atoms with Gasteiger partial charge in [-0.15, -0.1) is 0 Å². The summed E-state index contributed by atoms with van der Waals surface area (Å²) in [6.07, 6.45) is 0.860. The summed E-state index contributed by atoms with van der Waals surface area (Å²) in [6.45, 7) is 14.1. The SMILES string of the molecule is CCCN(Cc1c(C)nn(-c2cccc(F)c2)c1N1CCN(CC)CC1)C(=O)c1ccc(C)cc1. The fraction of sp³-hybridized carbons (Fsp3) is 0.429. The normalized spacial score (nSPS) is 14.4. The number of hydrogen-bond acceptors (Lipinski definition) is 4. The van der Waals surface area contributed by atoms with Gasteiger partial charge in [0.15, 0.2) is 0 Å². The van der Waals surface area contributed by atoms with Crippen molar-refractivity contribution in [1.82, 2.24) is 19.6 Å². The van der Waals surface area contributed by atoms with Crippen molar-refractivity contribution in [3.8, 4) is 5.69 Å². The molecule has 1 saturated heterocycles. The van der Waals surface area contributed by atoms with Crippen molar-refractivity contribution in [2.24, 2.45) is 0 Å². The molecule has 1 aliphatic rings. The predicted octanol–water partition coefficient (Wildman–Crippen LogP) is 4.82. The van der Waals surface area contributed by atoms with E-state index in [1.807, 2.05) is 53.8 Å². The van der Waals surface area contributed by atoms with E-state index in [9.17, 15) is 9.18 Å². The summed E-state index contributed by atoms with van der Waals surface area (Å²) in [5.41, 5.74) is 4.40. The van der Waals surface area contributed by atoms with Crippen LogP contribution in [0.1, 0.15) is 47.4 Å². The molecule has 1 aliphatic heterocycles. The van der Waals surface area contributed by atoms with Crippen LogP contribution in [0.5, 0.6) is 0 Å². The van der Waals surface area contributed by atoms with Crippen molar-refractivity contribution < 1.29 is 9.18 Å². The fourth-order valence-corrected chi connectivity index (χ4v) is 4.71. The number of amides is 1. The van der Waals surface area contributed by atoms with Crippen LogP contribution in [0.3, 0.4) is 0 Å². The molecule has 0 unspecified atom stereocenters. The number of anilines is 1. The molecule has 0 saturated carbocycles. The van der Waals surface area contributed by atoms with Crippen LogP contribution in [0.15, 0.2) is 48.5 Å². The van der Waals surface area contributed by atoms with E-state index in [0.717, 1.165) is 61.8 Å². The van der Waals surface area contributed by atoms with Crippen molar-refractivity contribution >= 4 is 11.7 Å². The van der Waals surface area contributed by atoms with Gasteiger partial charge in [-0.05, 0) is 57.1 Å². The molecule has 1 amide bonds. The Morgan fingerprint density at radius 3 is 2.37 bits per heavy atom. The van der Waals surface area contributed by atoms with Crippen molar-refractivity contribution in [3.05, 3.63) is 76.7 Å². The molecule has 0 N–H and O–H groups in total. The minimum atomic E-state index is -0.291. The van der Waals surface area contributed by atoms with E-state index in [1.54, 1.807) is 6.07 Å². The Morgan fingerprint density at radius 2 is 1.74 bits per heavy atom. The van der Waals surface area contributed by atoms with Crippen molar-refractivity contribution in [2.75, 3.05) is 44.2 Å². The molecule has 0 radical (unpaired) electrons. The second-order valence-electron chi connectivity index (χ2n) is 9.29. The number of carbonyl (C=O) groups is 1. The molecule has 0 aliphatic carbocycles. The summed E-state index contributed by atoms with van der Waals surface area (Å²) in [5, 5.41) is 4.85. The number of hydrogen-bond donors (Lipinski definition) is 0. The highest BCUT2D eigenvalue weighted by Gasteiger charge is 2.27. The number of nitrogens with zero attached hydrogens (tertiary/aromatic N) is 5. The molecule has 2 heterocycles. The molecule has 7 heteroatoms. The number of aryl methyl sites for hydroxylation is 2. The first kappa shape index (κ1) is 24.9. The molecule has 2 aromatic carbocycles. The first-order valence-corrected chi connectivity index (χ1v) is 12.6. The van der Waals surface area contributed by atoms with Gasteiger partial charge in [-0.25, -0.2) is 9.07 Å². The fourth-order valence-electron chi connectivity index (χ4n) is 4.71. The average molecular weight is 478 g/mol. The van der Waals surface area contributed by atoms with Gasteiger partial charge in [-0.2, -0.15) is 5.10 Å². The second-order valence-corrected chi connectivity index (χ2v) is 9.29. The van der Waals surface area contributed by atoms with Gasteiger partial charge in [-0.3, -0.25) is 4.79 Å². The van der Waals surface area contributed by atoms with E-state index in [0.29, 0.717) is 24.3 Å². The van der Waals surface area contributed by atoms with E-state index < -0.39 is 0 Å². The molecule has 186 valence electrons. The Hall–Kier alpha value is -3.19. The molecule has 1 aromatic heterocycles. The Balaban J connectivity index is 1.73. The third-order valence-corrected chi connectivity index (χ3v) is 6.76. The van der Waals surface area contributed by atoms with Gasteiger partial charge in [0.2, 0.25) is 0 Å². The maximum Gasteiger partial charge on any atom is 0.254 e. The maximum absolute atomic E-state index is 14.1. The second kappa shape index (κ2) is 11.0. The number of benzene rings is 2. The van der Waals surface area contributed by atoms with Crippen LogP contribution >= 0.6 is 0 Å². The Morgan fingerprint density at radius 1 is 1.03 bits per heavy atom. The Kier molecular flexibility index (Phi) is 7.86. The quantitative estimate of drug-likeness (QED) is 0.467. The molecule has 4 rings (SSSR count). The van der Waals surface area contributed by atoms with E-state index >= 15 is 0 Å². The lowest BCUT2D eigenvalue weighted by Crippen LogP contribution is -2.47. The van der Waals surface area contributed by atoms with Gasteiger partial charge in [-0.1, -0.05) is 37.6 Å². The zero-order chi connectivity index (χ0) is 24.9. The molecule has 1 fully saturated rings. The highest BCUT2D eigenvalue weighted by Crippen LogP contribution is 2.30. The Bertz CT molecular complexity index is 1150. The minimum absolute atomic E-state index is 0.0199. The van der Waals surface area contributed by atoms with E-state index in [1.165, 1.54) is 12.1 Å². The van der Waals surface area contributed by atoms with Crippen LogP contribution in [0.25, 0.3) is 5.69 Å². The molecule has 3 aromatic rings. The first-order chi connectivity index (χ1) is 16.9. The van der Waals surface area contributed by atoms with Crippen LogP contribution in [-0.4, -0.2) is 64.8 Å². The minimum Gasteiger partial charge on any atom is -0.354 e. The average Bonchev–Trinajstić information content (AvgIpc) is 3.19. The van der Waals surface area contributed by atoms with Crippen LogP contribution in [-0.2, 0) is 6.54 Å². The summed E-state index contributed by atoms with van der Waals surface area (Å²) in [5.74, 6) is 0.689. The zero-order valence-corrected chi connectivity index (χ0v) is 21.3. The van der Waals surface area contributed by atoms with Gasteiger partial charge >= 0.3 is 0 Å². The lowest BCUT2D eigenvalue weighted by molar-refractivity contribution is 0.0743. The van der Waals surface area contributed by atoms with Crippen molar-refractivity contribution in [2.45, 2.75) is 40.7 Å². The number of rotatable bonds is 8. The van der Waals surface area contributed by atoms with Gasteiger partial charge in [0.05, 0.1) is 17.9 Å². The van der Waals surface area contributed by atoms with E-state index in [-0.39, 0.29) is 11.7 Å². The van der Waals surface area contributed by atoms with Crippen LogP contribution in [0, 0.1) is 19.7 Å². The standard InChI is InChI=1S/C28H36FN5O/c1-5-14-33(28(35)23-12-10-21(3)11-13-23)20-26-22(4)30-34(25-9-7-8-24(29)19-25)27(26)32-17-15-31(6-2)16-18-32/h7-13,19H,5-6,14-18,20H2,1-4H3. The lowest BCUT2D eigenvalue weighted by atomic mass is 10.1. The molecular formula is C28H36FN5O. The number of aromatic nitrogens is 2. The number of carbonyl (C=O) groups excluding carboxylic acids is 1. The maximum atomic E-state index is 14.1. The lowest BCUT2D eigenvalue weighted by Gasteiger charge is -2.36. The smallest absolute Gasteiger partial charge is 0.254 e. The third-order valence-electron chi connectivity index (χ3n) is 6.76. The van der Waals surface area contributed by atoms with Gasteiger partial charge < -0.3 is 14.7 Å². The van der Waals surface area contributed by atoms with Gasteiger partial charge in [0.1, 0.15) is 11.6 Å². The molecule has 0 bridgehead atoms. The molecule has 0 spiro atoms. The zero-order valence-electron chi connectivity index (χ0n) is 21.3. The van der Waals surface area contributed by atoms with Crippen LogP contribution in [0.2, 0.25) is 0 Å². The largest absolute Gasteiger partial charge is 0.354 e. The Labute approximate surface area is 207 Å². The molecule has 6 nitrogen and oxygen atoms in total. The topological polar surface area (TPSA) is 44.6 Å². The summed E-state index contributed by atoms with van der Waals surface area (Å²) in [4.78, 5) is 20.2. The van der Waals surface area contributed by atoms with E-state index in [4.69, 9.17) is 5.10 Å². The molecular weight excluding hydrogens is 441 g/mol. The van der Waals surface area contributed by atoms with Crippen LogP contribution < -0.4 is 4.90 Å². The van der Waals surface area contributed by atoms with E-state index in [2.05, 4.69) is 23.6 Å². The summed E-state index contributed by atoms with van der Waals surface area (Å²) in [6, 6.07) is 14.3. The first-order valence-electron chi connectivity index (χ1n) is 12.6. The molecule has 0 atom stereocenters. The summed E-state index contributed by atoms with van der Waals surface area (Å²) >= 11 is 0. The van der Waals surface area contributed by atoms with Gasteiger partial charge in [0, 0.05) is 43.9 Å². The summed E-state index contributed by atoms with van der Waals surface area (Å²) < 4.78 is 16.0.